The van der Waals surface area contributed by atoms with Gasteiger partial charge in [-0.15, -0.1) is 0 Å². The summed E-state index contributed by atoms with van der Waals surface area (Å²) in [5, 5.41) is 3.40. The van der Waals surface area contributed by atoms with E-state index in [0.29, 0.717) is 25.5 Å². The van der Waals surface area contributed by atoms with Crippen molar-refractivity contribution in [2.24, 2.45) is 0 Å². The molecule has 0 aliphatic carbocycles. The number of rotatable bonds is 7. The van der Waals surface area contributed by atoms with Crippen LogP contribution in [0.3, 0.4) is 0 Å². The molecule has 8 heteroatoms. The number of sulfonamides is 1. The molecule has 4 rings (SSSR count). The van der Waals surface area contributed by atoms with Crippen molar-refractivity contribution in [1.82, 2.24) is 14.2 Å². The first-order valence-corrected chi connectivity index (χ1v) is 12.1. The molecule has 7 nitrogen and oxygen atoms in total. The van der Waals surface area contributed by atoms with E-state index in [1.807, 2.05) is 0 Å². The second kappa shape index (κ2) is 9.43. The monoisotopic (exact) mass is 430 g/mol. The van der Waals surface area contributed by atoms with Gasteiger partial charge < -0.3 is 10.1 Å². The average Bonchev–Trinajstić information content (AvgIpc) is 3.32. The van der Waals surface area contributed by atoms with Gasteiger partial charge in [-0.1, -0.05) is 29.8 Å². The molecular weight excluding hydrogens is 400 g/mol. The van der Waals surface area contributed by atoms with E-state index in [0.717, 1.165) is 39.1 Å². The zero-order valence-electron chi connectivity index (χ0n) is 17.5. The Morgan fingerprint density at radius 1 is 1.03 bits per heavy atom. The molecule has 3 heterocycles. The largest absolute Gasteiger partial charge is 0.379 e. The van der Waals surface area contributed by atoms with Gasteiger partial charge in [-0.25, -0.2) is 13.4 Å². The number of aryl methyl sites for hydroxylation is 1. The highest BCUT2D eigenvalue weighted by Crippen LogP contribution is 2.24. The Kier molecular flexibility index (Phi) is 6.67. The SMILES string of the molecule is Cc1ccc(C(CNc2ccc(S(=O)(=O)N3CCCC3)cn2)N2CCOCC2)cc1. The summed E-state index contributed by atoms with van der Waals surface area (Å²) in [5.74, 6) is 0.681. The Morgan fingerprint density at radius 2 is 1.73 bits per heavy atom. The molecule has 2 aliphatic rings. The number of nitrogens with zero attached hydrogens (tertiary/aromatic N) is 3. The Labute approximate surface area is 179 Å². The summed E-state index contributed by atoms with van der Waals surface area (Å²) in [6.45, 7) is 7.23. The fourth-order valence-electron chi connectivity index (χ4n) is 4.05. The van der Waals surface area contributed by atoms with Gasteiger partial charge in [0.25, 0.3) is 0 Å². The Morgan fingerprint density at radius 3 is 2.37 bits per heavy atom. The van der Waals surface area contributed by atoms with E-state index in [4.69, 9.17) is 4.74 Å². The van der Waals surface area contributed by atoms with Gasteiger partial charge in [0.1, 0.15) is 10.7 Å². The molecule has 1 aromatic heterocycles. The number of hydrogen-bond acceptors (Lipinski definition) is 6. The Bertz CT molecular complexity index is 920. The van der Waals surface area contributed by atoms with Gasteiger partial charge in [0.05, 0.1) is 19.3 Å². The number of pyridine rings is 1. The minimum absolute atomic E-state index is 0.198. The highest BCUT2D eigenvalue weighted by Gasteiger charge is 2.27. The molecule has 2 aliphatic heterocycles. The van der Waals surface area contributed by atoms with Gasteiger partial charge in [0.15, 0.2) is 0 Å². The number of ether oxygens (including phenoxy) is 1. The quantitative estimate of drug-likeness (QED) is 0.728. The summed E-state index contributed by atoms with van der Waals surface area (Å²) < 4.78 is 32.4. The van der Waals surface area contributed by atoms with Crippen LogP contribution < -0.4 is 5.32 Å². The van der Waals surface area contributed by atoms with Crippen molar-refractivity contribution in [3.63, 3.8) is 0 Å². The minimum atomic E-state index is -3.43. The Hall–Kier alpha value is -2.00. The minimum Gasteiger partial charge on any atom is -0.379 e. The lowest BCUT2D eigenvalue weighted by molar-refractivity contribution is 0.0187. The summed E-state index contributed by atoms with van der Waals surface area (Å²) in [4.78, 5) is 7.07. The fraction of sp³-hybridized carbons (Fsp3) is 0.500. The molecule has 30 heavy (non-hydrogen) atoms. The fourth-order valence-corrected chi connectivity index (χ4v) is 5.51. The summed E-state index contributed by atoms with van der Waals surface area (Å²) in [6, 6.07) is 12.2. The number of nitrogens with one attached hydrogen (secondary N) is 1. The maximum absolute atomic E-state index is 12.7. The van der Waals surface area contributed by atoms with Crippen LogP contribution in [0.4, 0.5) is 5.82 Å². The van der Waals surface area contributed by atoms with E-state index in [1.54, 1.807) is 16.4 Å². The van der Waals surface area contributed by atoms with Gasteiger partial charge in [-0.3, -0.25) is 4.90 Å². The highest BCUT2D eigenvalue weighted by molar-refractivity contribution is 7.89. The number of benzene rings is 1. The third kappa shape index (κ3) is 4.83. The number of hydrogen-bond donors (Lipinski definition) is 1. The van der Waals surface area contributed by atoms with E-state index < -0.39 is 10.0 Å². The first-order chi connectivity index (χ1) is 14.5. The second-order valence-corrected chi connectivity index (χ2v) is 9.88. The van der Waals surface area contributed by atoms with Gasteiger partial charge in [0, 0.05) is 38.9 Å². The van der Waals surface area contributed by atoms with Crippen molar-refractivity contribution in [2.45, 2.75) is 30.7 Å². The average molecular weight is 431 g/mol. The molecule has 0 bridgehead atoms. The van der Waals surface area contributed by atoms with Crippen molar-refractivity contribution >= 4 is 15.8 Å². The third-order valence-corrected chi connectivity index (χ3v) is 7.75. The maximum Gasteiger partial charge on any atom is 0.244 e. The van der Waals surface area contributed by atoms with E-state index in [2.05, 4.69) is 46.4 Å². The van der Waals surface area contributed by atoms with Crippen LogP contribution in [0.15, 0.2) is 47.5 Å². The topological polar surface area (TPSA) is 74.8 Å². The first kappa shape index (κ1) is 21.2. The molecule has 0 radical (unpaired) electrons. The van der Waals surface area contributed by atoms with Gasteiger partial charge in [-0.2, -0.15) is 4.31 Å². The Balaban J connectivity index is 1.45. The van der Waals surface area contributed by atoms with Gasteiger partial charge in [-0.05, 0) is 37.5 Å². The number of anilines is 1. The first-order valence-electron chi connectivity index (χ1n) is 10.6. The standard InChI is InChI=1S/C22H30N4O3S/c1-18-4-6-19(7-5-18)21(25-12-14-29-15-13-25)17-24-22-9-8-20(16-23-22)30(27,28)26-10-2-3-11-26/h4-9,16,21H,2-3,10-15,17H2,1H3,(H,23,24). The molecule has 162 valence electrons. The molecule has 0 saturated carbocycles. The van der Waals surface area contributed by atoms with Crippen LogP contribution >= 0.6 is 0 Å². The predicted molar refractivity (Wildman–Crippen MR) is 117 cm³/mol. The lowest BCUT2D eigenvalue weighted by Gasteiger charge is -2.35. The molecule has 2 fully saturated rings. The lowest BCUT2D eigenvalue weighted by atomic mass is 10.0. The molecule has 1 N–H and O–H groups in total. The molecule has 1 atom stereocenters. The summed E-state index contributed by atoms with van der Waals surface area (Å²) >= 11 is 0. The van der Waals surface area contributed by atoms with Crippen molar-refractivity contribution in [3.8, 4) is 0 Å². The molecule has 1 unspecified atom stereocenters. The van der Waals surface area contributed by atoms with Crippen molar-refractivity contribution in [2.75, 3.05) is 51.3 Å². The maximum atomic E-state index is 12.7. The van der Waals surface area contributed by atoms with Crippen LogP contribution in [0.25, 0.3) is 0 Å². The van der Waals surface area contributed by atoms with Gasteiger partial charge >= 0.3 is 0 Å². The number of aromatic nitrogens is 1. The molecular formula is C22H30N4O3S. The van der Waals surface area contributed by atoms with E-state index in [1.165, 1.54) is 17.3 Å². The van der Waals surface area contributed by atoms with Crippen LogP contribution in [-0.4, -0.2) is 68.5 Å². The molecule has 2 aromatic rings. The normalized spacial score (nSPS) is 19.6. The molecule has 0 spiro atoms. The van der Waals surface area contributed by atoms with Crippen molar-refractivity contribution < 1.29 is 13.2 Å². The van der Waals surface area contributed by atoms with E-state index >= 15 is 0 Å². The summed E-state index contributed by atoms with van der Waals surface area (Å²) in [6.07, 6.45) is 3.31. The van der Waals surface area contributed by atoms with Crippen LogP contribution in [-0.2, 0) is 14.8 Å². The third-order valence-electron chi connectivity index (χ3n) is 5.86. The van der Waals surface area contributed by atoms with Gasteiger partial charge in [0.2, 0.25) is 10.0 Å². The van der Waals surface area contributed by atoms with E-state index in [-0.39, 0.29) is 10.9 Å². The van der Waals surface area contributed by atoms with Crippen LogP contribution in [0, 0.1) is 6.92 Å². The van der Waals surface area contributed by atoms with Crippen LogP contribution in [0.1, 0.15) is 30.0 Å². The lowest BCUT2D eigenvalue weighted by Crippen LogP contribution is -2.41. The van der Waals surface area contributed by atoms with Crippen molar-refractivity contribution in [1.29, 1.82) is 0 Å². The van der Waals surface area contributed by atoms with Crippen LogP contribution in [0.5, 0.6) is 0 Å². The second-order valence-electron chi connectivity index (χ2n) is 7.95. The highest BCUT2D eigenvalue weighted by atomic mass is 32.2. The predicted octanol–water partition coefficient (Wildman–Crippen LogP) is 2.66. The zero-order chi connectivity index (χ0) is 21.0. The van der Waals surface area contributed by atoms with Crippen LogP contribution in [0.2, 0.25) is 0 Å². The smallest absolute Gasteiger partial charge is 0.244 e. The van der Waals surface area contributed by atoms with E-state index in [9.17, 15) is 8.42 Å². The zero-order valence-corrected chi connectivity index (χ0v) is 18.3. The summed E-state index contributed by atoms with van der Waals surface area (Å²) in [7, 11) is -3.43. The number of morpholine rings is 1. The van der Waals surface area contributed by atoms with Crippen molar-refractivity contribution in [3.05, 3.63) is 53.7 Å². The molecule has 2 saturated heterocycles. The molecule has 0 amide bonds. The molecule has 1 aromatic carbocycles. The summed E-state index contributed by atoms with van der Waals surface area (Å²) in [5.41, 5.74) is 2.49.